The highest BCUT2D eigenvalue weighted by atomic mass is 35.5. The van der Waals surface area contributed by atoms with Crippen molar-refractivity contribution in [2.75, 3.05) is 5.01 Å². The maximum atomic E-state index is 11.1. The average molecular weight is 501 g/mol. The second kappa shape index (κ2) is 8.63. The molecule has 0 N–H and O–H groups in total. The van der Waals surface area contributed by atoms with Crippen LogP contribution in [0.15, 0.2) is 70.5 Å². The van der Waals surface area contributed by atoms with Crippen molar-refractivity contribution in [3.63, 3.8) is 0 Å². The van der Waals surface area contributed by atoms with Gasteiger partial charge in [0.25, 0.3) is 5.69 Å². The summed E-state index contributed by atoms with van der Waals surface area (Å²) >= 11 is 15.3. The van der Waals surface area contributed by atoms with E-state index in [1.165, 1.54) is 23.5 Å². The maximum absolute atomic E-state index is 11.1. The Morgan fingerprint density at radius 3 is 2.56 bits per heavy atom. The van der Waals surface area contributed by atoms with Crippen molar-refractivity contribution in [1.82, 2.24) is 4.98 Å². The molecule has 32 heavy (non-hydrogen) atoms. The Kier molecular flexibility index (Phi) is 5.69. The van der Waals surface area contributed by atoms with E-state index >= 15 is 0 Å². The van der Waals surface area contributed by atoms with Gasteiger partial charge in [-0.15, -0.1) is 22.7 Å². The van der Waals surface area contributed by atoms with Crippen LogP contribution in [-0.2, 0) is 0 Å². The molecule has 0 radical (unpaired) electrons. The number of benzene rings is 2. The lowest BCUT2D eigenvalue weighted by molar-refractivity contribution is -0.384. The van der Waals surface area contributed by atoms with Crippen LogP contribution >= 0.6 is 45.9 Å². The van der Waals surface area contributed by atoms with Crippen molar-refractivity contribution in [2.24, 2.45) is 5.10 Å². The van der Waals surface area contributed by atoms with E-state index in [0.29, 0.717) is 16.5 Å². The number of non-ortho nitro benzene ring substituents is 1. The molecule has 0 unspecified atom stereocenters. The van der Waals surface area contributed by atoms with Gasteiger partial charge in [0.05, 0.1) is 37.3 Å². The van der Waals surface area contributed by atoms with Gasteiger partial charge in [-0.1, -0.05) is 47.5 Å². The first-order chi connectivity index (χ1) is 15.5. The lowest BCUT2D eigenvalue weighted by Crippen LogP contribution is -2.18. The monoisotopic (exact) mass is 500 g/mol. The lowest BCUT2D eigenvalue weighted by atomic mass is 10.0. The molecule has 6 nitrogen and oxygen atoms in total. The Labute approximate surface area is 201 Å². The zero-order valence-electron chi connectivity index (χ0n) is 16.3. The average Bonchev–Trinajstić information content (AvgIpc) is 3.55. The number of hydrogen-bond acceptors (Lipinski definition) is 7. The lowest BCUT2D eigenvalue weighted by Gasteiger charge is -2.21. The van der Waals surface area contributed by atoms with E-state index < -0.39 is 4.92 Å². The number of nitro benzene ring substituents is 1. The van der Waals surface area contributed by atoms with Crippen molar-refractivity contribution in [3.05, 3.63) is 96.0 Å². The van der Waals surface area contributed by atoms with Gasteiger partial charge in [-0.2, -0.15) is 5.10 Å². The predicted octanol–water partition coefficient (Wildman–Crippen LogP) is 7.44. The molecule has 10 heteroatoms. The Morgan fingerprint density at radius 1 is 1.06 bits per heavy atom. The molecule has 1 atom stereocenters. The summed E-state index contributed by atoms with van der Waals surface area (Å²) in [4.78, 5) is 16.6. The van der Waals surface area contributed by atoms with Crippen molar-refractivity contribution < 1.29 is 4.92 Å². The highest BCUT2D eigenvalue weighted by Crippen LogP contribution is 2.40. The Bertz CT molecular complexity index is 1320. The fourth-order valence-electron chi connectivity index (χ4n) is 3.51. The molecule has 1 aliphatic rings. The third-order valence-electron chi connectivity index (χ3n) is 5.11. The number of halogens is 2. The third-order valence-corrected chi connectivity index (χ3v) is 7.60. The van der Waals surface area contributed by atoms with E-state index in [-0.39, 0.29) is 11.7 Å². The number of nitro groups is 1. The van der Waals surface area contributed by atoms with Crippen LogP contribution < -0.4 is 5.01 Å². The van der Waals surface area contributed by atoms with E-state index in [1.807, 2.05) is 34.0 Å². The fourth-order valence-corrected chi connectivity index (χ4v) is 5.37. The summed E-state index contributed by atoms with van der Waals surface area (Å²) in [7, 11) is 0. The Morgan fingerprint density at radius 2 is 1.88 bits per heavy atom. The second-order valence-corrected chi connectivity index (χ2v) is 9.68. The normalized spacial score (nSPS) is 15.8. The molecule has 0 bridgehead atoms. The largest absolute Gasteiger partial charge is 0.269 e. The SMILES string of the molecule is O=[N+]([O-])c1ccc([C@H]2CC(c3cccs3)=NN2c2nc(-c3ccc(Cl)c(Cl)c3)cs2)cc1. The number of rotatable bonds is 5. The van der Waals surface area contributed by atoms with Crippen molar-refractivity contribution >= 4 is 62.4 Å². The fraction of sp³-hybridized carbons (Fsp3) is 0.0909. The first-order valence-corrected chi connectivity index (χ1v) is 12.1. The molecule has 1 aliphatic heterocycles. The van der Waals surface area contributed by atoms with E-state index in [4.69, 9.17) is 33.3 Å². The van der Waals surface area contributed by atoms with Crippen LogP contribution in [0.1, 0.15) is 22.9 Å². The second-order valence-electron chi connectivity index (χ2n) is 7.08. The number of hydrazone groups is 1. The molecule has 0 spiro atoms. The number of aromatic nitrogens is 1. The number of anilines is 1. The van der Waals surface area contributed by atoms with Crippen molar-refractivity contribution in [2.45, 2.75) is 12.5 Å². The zero-order chi connectivity index (χ0) is 22.2. The minimum absolute atomic E-state index is 0.0637. The van der Waals surface area contributed by atoms with Crippen molar-refractivity contribution in [1.29, 1.82) is 0 Å². The van der Waals surface area contributed by atoms with Gasteiger partial charge in [0.1, 0.15) is 0 Å². The summed E-state index contributed by atoms with van der Waals surface area (Å²) in [5, 5.41) is 23.5. The molecular formula is C22H14Cl2N4O2S2. The molecule has 2 aromatic heterocycles. The van der Waals surface area contributed by atoms with Crippen LogP contribution in [0.2, 0.25) is 10.0 Å². The van der Waals surface area contributed by atoms with Gasteiger partial charge in [0.15, 0.2) is 0 Å². The third kappa shape index (κ3) is 4.02. The smallest absolute Gasteiger partial charge is 0.258 e. The first kappa shape index (κ1) is 21.1. The summed E-state index contributed by atoms with van der Waals surface area (Å²) in [5.74, 6) is 0. The van der Waals surface area contributed by atoms with Crippen LogP contribution in [0.4, 0.5) is 10.8 Å². The van der Waals surface area contributed by atoms with Crippen LogP contribution in [-0.4, -0.2) is 15.6 Å². The van der Waals surface area contributed by atoms with Gasteiger partial charge in [0, 0.05) is 29.5 Å². The van der Waals surface area contributed by atoms with Crippen LogP contribution in [0.3, 0.4) is 0 Å². The van der Waals surface area contributed by atoms with Gasteiger partial charge in [-0.25, -0.2) is 9.99 Å². The zero-order valence-corrected chi connectivity index (χ0v) is 19.5. The first-order valence-electron chi connectivity index (χ1n) is 9.55. The number of nitrogens with zero attached hydrogens (tertiary/aromatic N) is 4. The molecule has 5 rings (SSSR count). The number of hydrogen-bond donors (Lipinski definition) is 0. The van der Waals surface area contributed by atoms with E-state index in [9.17, 15) is 10.1 Å². The number of thiophene rings is 1. The van der Waals surface area contributed by atoms with Gasteiger partial charge in [-0.05, 0) is 29.1 Å². The van der Waals surface area contributed by atoms with Crippen LogP contribution in [0.25, 0.3) is 11.3 Å². The van der Waals surface area contributed by atoms with Crippen LogP contribution in [0, 0.1) is 10.1 Å². The molecule has 0 amide bonds. The highest BCUT2D eigenvalue weighted by Gasteiger charge is 2.32. The van der Waals surface area contributed by atoms with Crippen molar-refractivity contribution in [3.8, 4) is 11.3 Å². The molecule has 2 aromatic carbocycles. The summed E-state index contributed by atoms with van der Waals surface area (Å²) in [6.45, 7) is 0. The quantitative estimate of drug-likeness (QED) is 0.210. The molecule has 0 saturated heterocycles. The maximum Gasteiger partial charge on any atom is 0.269 e. The van der Waals surface area contributed by atoms with E-state index in [1.54, 1.807) is 35.6 Å². The van der Waals surface area contributed by atoms with Gasteiger partial charge in [-0.3, -0.25) is 10.1 Å². The van der Waals surface area contributed by atoms with Crippen LogP contribution in [0.5, 0.6) is 0 Å². The standard InChI is InChI=1S/C22H14Cl2N4O2S2/c23-16-8-5-14(10-17(16)24)19-12-32-22(25-19)27-20(11-18(26-27)21-2-1-9-31-21)13-3-6-15(7-4-13)28(29)30/h1-10,12,20H,11H2/t20-/m1/s1. The minimum Gasteiger partial charge on any atom is -0.258 e. The summed E-state index contributed by atoms with van der Waals surface area (Å²) in [6.07, 6.45) is 0.681. The topological polar surface area (TPSA) is 71.6 Å². The van der Waals surface area contributed by atoms with E-state index in [0.717, 1.165) is 32.5 Å². The molecule has 160 valence electrons. The molecule has 3 heterocycles. The highest BCUT2D eigenvalue weighted by molar-refractivity contribution is 7.14. The minimum atomic E-state index is -0.395. The molecular weight excluding hydrogens is 487 g/mol. The molecule has 0 aliphatic carbocycles. The Balaban J connectivity index is 1.51. The van der Waals surface area contributed by atoms with Gasteiger partial charge < -0.3 is 0 Å². The molecule has 0 saturated carbocycles. The predicted molar refractivity (Wildman–Crippen MR) is 131 cm³/mol. The van der Waals surface area contributed by atoms with E-state index in [2.05, 4.69) is 0 Å². The molecule has 4 aromatic rings. The Hall–Kier alpha value is -2.78. The summed E-state index contributed by atoms with van der Waals surface area (Å²) in [6, 6.07) is 16.0. The number of thiazole rings is 1. The van der Waals surface area contributed by atoms with Gasteiger partial charge in [0.2, 0.25) is 5.13 Å². The van der Waals surface area contributed by atoms with Gasteiger partial charge >= 0.3 is 0 Å². The molecule has 0 fully saturated rings. The summed E-state index contributed by atoms with van der Waals surface area (Å²) in [5.41, 5.74) is 3.63. The summed E-state index contributed by atoms with van der Waals surface area (Å²) < 4.78 is 0.